The molecular formula is C17H20N2OS. The maximum absolute atomic E-state index is 12.5. The monoisotopic (exact) mass is 300 g/mol. The Hall–Kier alpha value is -1.65. The lowest BCUT2D eigenvalue weighted by Gasteiger charge is -2.21. The second-order valence-corrected chi connectivity index (χ2v) is 6.46. The summed E-state index contributed by atoms with van der Waals surface area (Å²) in [5, 5.41) is 8.27. The van der Waals surface area contributed by atoms with Gasteiger partial charge in [-0.05, 0) is 61.0 Å². The molecule has 0 saturated heterocycles. The maximum Gasteiger partial charge on any atom is 0.231 e. The molecule has 0 aliphatic heterocycles. The van der Waals surface area contributed by atoms with Crippen molar-refractivity contribution < 1.29 is 4.79 Å². The second kappa shape index (κ2) is 6.41. The Kier molecular flexibility index (Phi) is 4.36. The summed E-state index contributed by atoms with van der Waals surface area (Å²) in [6.07, 6.45) is 3.18. The summed E-state index contributed by atoms with van der Waals surface area (Å²) in [7, 11) is 1.93. The van der Waals surface area contributed by atoms with E-state index in [1.54, 1.807) is 11.3 Å². The third-order valence-electron chi connectivity index (χ3n) is 3.97. The number of rotatable bonds is 4. The van der Waals surface area contributed by atoms with Crippen LogP contribution in [0.4, 0.5) is 5.69 Å². The van der Waals surface area contributed by atoms with Gasteiger partial charge in [-0.1, -0.05) is 12.1 Å². The third-order valence-corrected chi connectivity index (χ3v) is 4.97. The van der Waals surface area contributed by atoms with E-state index in [1.807, 2.05) is 31.3 Å². The van der Waals surface area contributed by atoms with Crippen molar-refractivity contribution in [3.63, 3.8) is 0 Å². The number of carbonyl (C=O) groups is 1. The summed E-state index contributed by atoms with van der Waals surface area (Å²) in [5.41, 5.74) is 3.33. The molecule has 1 amide bonds. The fourth-order valence-electron chi connectivity index (χ4n) is 2.90. The Labute approximate surface area is 129 Å². The minimum atomic E-state index is 0.0111. The molecule has 21 heavy (non-hydrogen) atoms. The minimum absolute atomic E-state index is 0.0111. The molecule has 0 radical (unpaired) electrons. The van der Waals surface area contributed by atoms with Crippen LogP contribution < -0.4 is 10.6 Å². The first kappa shape index (κ1) is 14.3. The van der Waals surface area contributed by atoms with Gasteiger partial charge in [-0.15, -0.1) is 11.3 Å². The summed E-state index contributed by atoms with van der Waals surface area (Å²) < 4.78 is 0. The highest BCUT2D eigenvalue weighted by molar-refractivity contribution is 7.10. The first-order chi connectivity index (χ1) is 10.3. The number of hydrogen-bond acceptors (Lipinski definition) is 3. The Morgan fingerprint density at radius 3 is 2.86 bits per heavy atom. The topological polar surface area (TPSA) is 41.1 Å². The van der Waals surface area contributed by atoms with Crippen LogP contribution in [0.3, 0.4) is 0 Å². The van der Waals surface area contributed by atoms with E-state index in [0.29, 0.717) is 0 Å². The molecule has 2 N–H and O–H groups in total. The van der Waals surface area contributed by atoms with Gasteiger partial charge in [0.05, 0.1) is 5.92 Å². The van der Waals surface area contributed by atoms with E-state index in [0.717, 1.165) is 31.5 Å². The van der Waals surface area contributed by atoms with Crippen LogP contribution in [0.25, 0.3) is 0 Å². The minimum Gasteiger partial charge on any atom is -0.326 e. The maximum atomic E-state index is 12.5. The molecule has 0 saturated carbocycles. The molecule has 1 aliphatic rings. The first-order valence-corrected chi connectivity index (χ1v) is 8.26. The van der Waals surface area contributed by atoms with Gasteiger partial charge in [0.15, 0.2) is 0 Å². The van der Waals surface area contributed by atoms with E-state index in [2.05, 4.69) is 22.1 Å². The van der Waals surface area contributed by atoms with E-state index in [9.17, 15) is 4.79 Å². The van der Waals surface area contributed by atoms with Crippen LogP contribution in [0.2, 0.25) is 0 Å². The van der Waals surface area contributed by atoms with Crippen LogP contribution in [-0.4, -0.2) is 13.0 Å². The average molecular weight is 300 g/mol. The predicted octanol–water partition coefficient (Wildman–Crippen LogP) is 3.53. The average Bonchev–Trinajstić information content (AvgIpc) is 2.98. The Bertz CT molecular complexity index is 618. The molecule has 0 spiro atoms. The molecule has 0 fully saturated rings. The zero-order valence-electron chi connectivity index (χ0n) is 12.2. The molecular weight excluding hydrogens is 280 g/mol. The predicted molar refractivity (Wildman–Crippen MR) is 87.8 cm³/mol. The zero-order chi connectivity index (χ0) is 14.7. The van der Waals surface area contributed by atoms with Crippen LogP contribution in [0.5, 0.6) is 0 Å². The zero-order valence-corrected chi connectivity index (χ0v) is 13.0. The Morgan fingerprint density at radius 2 is 2.10 bits per heavy atom. The number of hydrogen-bond donors (Lipinski definition) is 2. The van der Waals surface area contributed by atoms with Gasteiger partial charge in [0, 0.05) is 17.1 Å². The lowest BCUT2D eigenvalue weighted by Crippen LogP contribution is -2.23. The fourth-order valence-corrected chi connectivity index (χ4v) is 3.89. The largest absolute Gasteiger partial charge is 0.326 e. The van der Waals surface area contributed by atoms with Crippen LogP contribution in [0.1, 0.15) is 34.8 Å². The number of carbonyl (C=O) groups excluding carboxylic acids is 1. The van der Waals surface area contributed by atoms with Crippen molar-refractivity contribution in [2.45, 2.75) is 31.7 Å². The van der Waals surface area contributed by atoms with Gasteiger partial charge in [-0.2, -0.15) is 0 Å². The highest BCUT2D eigenvalue weighted by Crippen LogP contribution is 2.35. The normalized spacial score (nSPS) is 17.3. The van der Waals surface area contributed by atoms with Gasteiger partial charge in [0.2, 0.25) is 5.91 Å². The smallest absolute Gasteiger partial charge is 0.231 e. The Balaban J connectivity index is 1.70. The van der Waals surface area contributed by atoms with Gasteiger partial charge in [-0.3, -0.25) is 4.79 Å². The third kappa shape index (κ3) is 3.17. The van der Waals surface area contributed by atoms with Crippen LogP contribution in [0.15, 0.2) is 35.7 Å². The summed E-state index contributed by atoms with van der Waals surface area (Å²) >= 11 is 1.77. The number of amides is 1. The van der Waals surface area contributed by atoms with Gasteiger partial charge in [0.25, 0.3) is 0 Å². The highest BCUT2D eigenvalue weighted by atomic mass is 32.1. The number of anilines is 1. The van der Waals surface area contributed by atoms with E-state index in [4.69, 9.17) is 0 Å². The first-order valence-electron chi connectivity index (χ1n) is 7.38. The molecule has 4 heteroatoms. The number of fused-ring (bicyclic) bond motifs is 1. The number of benzene rings is 1. The van der Waals surface area contributed by atoms with Gasteiger partial charge in [0.1, 0.15) is 0 Å². The molecule has 1 heterocycles. The van der Waals surface area contributed by atoms with Crippen molar-refractivity contribution in [2.24, 2.45) is 0 Å². The fraction of sp³-hybridized carbons (Fsp3) is 0.353. The van der Waals surface area contributed by atoms with Gasteiger partial charge < -0.3 is 10.6 Å². The molecule has 1 aliphatic carbocycles. The van der Waals surface area contributed by atoms with Crippen molar-refractivity contribution in [3.05, 3.63) is 51.7 Å². The quantitative estimate of drug-likeness (QED) is 0.907. The summed E-state index contributed by atoms with van der Waals surface area (Å²) in [4.78, 5) is 13.9. The van der Waals surface area contributed by atoms with Crippen LogP contribution >= 0.6 is 11.3 Å². The van der Waals surface area contributed by atoms with Crippen molar-refractivity contribution >= 4 is 22.9 Å². The number of thiophene rings is 1. The van der Waals surface area contributed by atoms with Crippen molar-refractivity contribution in [1.29, 1.82) is 0 Å². The van der Waals surface area contributed by atoms with E-state index >= 15 is 0 Å². The summed E-state index contributed by atoms with van der Waals surface area (Å²) in [6.45, 7) is 0.842. The lowest BCUT2D eigenvalue weighted by atomic mass is 9.87. The van der Waals surface area contributed by atoms with Crippen LogP contribution in [0, 0.1) is 0 Å². The van der Waals surface area contributed by atoms with Crippen molar-refractivity contribution in [2.75, 3.05) is 12.4 Å². The molecule has 2 aromatic rings. The highest BCUT2D eigenvalue weighted by Gasteiger charge is 2.27. The second-order valence-electron chi connectivity index (χ2n) is 5.46. The molecule has 3 nitrogen and oxygen atoms in total. The molecule has 0 bridgehead atoms. The standard InChI is InChI=1S/C17H20N2OS/c1-18-11-12-5-7-13(8-6-12)19-17(20)15-3-2-4-16-14(15)9-10-21-16/h5-10,15,18H,2-4,11H2,1H3,(H,19,20). The summed E-state index contributed by atoms with van der Waals surface area (Å²) in [5.74, 6) is 0.132. The van der Waals surface area contributed by atoms with Gasteiger partial charge in [-0.25, -0.2) is 0 Å². The SMILES string of the molecule is CNCc1ccc(NC(=O)C2CCCc3sccc32)cc1. The molecule has 3 rings (SSSR count). The van der Waals surface area contributed by atoms with E-state index < -0.39 is 0 Å². The van der Waals surface area contributed by atoms with Crippen molar-refractivity contribution in [3.8, 4) is 0 Å². The van der Waals surface area contributed by atoms with E-state index in [-0.39, 0.29) is 11.8 Å². The Morgan fingerprint density at radius 1 is 1.29 bits per heavy atom. The van der Waals surface area contributed by atoms with Gasteiger partial charge >= 0.3 is 0 Å². The molecule has 1 aromatic carbocycles. The molecule has 1 unspecified atom stereocenters. The van der Waals surface area contributed by atoms with Crippen LogP contribution in [-0.2, 0) is 17.8 Å². The molecule has 1 aromatic heterocycles. The molecule has 1 atom stereocenters. The molecule has 110 valence electrons. The lowest BCUT2D eigenvalue weighted by molar-refractivity contribution is -0.117. The van der Waals surface area contributed by atoms with Crippen molar-refractivity contribution in [1.82, 2.24) is 5.32 Å². The number of aryl methyl sites for hydroxylation is 1. The number of nitrogens with one attached hydrogen (secondary N) is 2. The summed E-state index contributed by atoms with van der Waals surface area (Å²) in [6, 6.07) is 10.1. The van der Waals surface area contributed by atoms with E-state index in [1.165, 1.54) is 16.0 Å².